The zero-order chi connectivity index (χ0) is 17.6. The fourth-order valence-electron chi connectivity index (χ4n) is 2.49. The first-order chi connectivity index (χ1) is 12.1. The van der Waals surface area contributed by atoms with E-state index in [0.717, 1.165) is 12.8 Å². The van der Waals surface area contributed by atoms with E-state index >= 15 is 0 Å². The van der Waals surface area contributed by atoms with Crippen molar-refractivity contribution in [3.05, 3.63) is 45.8 Å². The van der Waals surface area contributed by atoms with Crippen molar-refractivity contribution in [2.45, 2.75) is 18.8 Å². The van der Waals surface area contributed by atoms with Gasteiger partial charge in [-0.2, -0.15) is 5.10 Å². The third-order valence-corrected chi connectivity index (χ3v) is 3.94. The third kappa shape index (κ3) is 2.67. The van der Waals surface area contributed by atoms with Crippen LogP contribution in [0, 0.1) is 0 Å². The molecule has 0 radical (unpaired) electrons. The molecular weight excluding hydrogens is 330 g/mol. The Bertz CT molecular complexity index is 996. The summed E-state index contributed by atoms with van der Waals surface area (Å²) in [4.78, 5) is 36.0. The second kappa shape index (κ2) is 5.58. The topological polar surface area (TPSA) is 132 Å². The largest absolute Gasteiger partial charge is 0.465 e. The molecule has 1 aromatic heterocycles. The molecule has 0 unspecified atom stereocenters. The first kappa shape index (κ1) is 15.1. The van der Waals surface area contributed by atoms with Crippen molar-refractivity contribution in [1.29, 1.82) is 0 Å². The van der Waals surface area contributed by atoms with Gasteiger partial charge in [-0.25, -0.2) is 9.89 Å². The van der Waals surface area contributed by atoms with E-state index in [1.807, 2.05) is 0 Å². The van der Waals surface area contributed by atoms with Gasteiger partial charge >= 0.3 is 5.97 Å². The second-order valence-electron chi connectivity index (χ2n) is 5.72. The summed E-state index contributed by atoms with van der Waals surface area (Å²) in [6.45, 7) is 0. The molecule has 0 bridgehead atoms. The summed E-state index contributed by atoms with van der Waals surface area (Å²) in [5.74, 6) is -0.209. The third-order valence-electron chi connectivity index (χ3n) is 3.94. The summed E-state index contributed by atoms with van der Waals surface area (Å²) < 4.78 is 11.0. The van der Waals surface area contributed by atoms with Gasteiger partial charge in [-0.3, -0.25) is 19.7 Å². The molecule has 0 atom stereocenters. The van der Waals surface area contributed by atoms with Crippen molar-refractivity contribution in [2.75, 3.05) is 12.5 Å². The molecule has 1 aromatic rings. The fraction of sp³-hybridized carbons (Fsp3) is 0.267. The van der Waals surface area contributed by atoms with E-state index in [1.54, 1.807) is 6.07 Å². The molecule has 1 amide bonds. The molecule has 128 valence electrons. The molecule has 3 aliphatic rings. The van der Waals surface area contributed by atoms with E-state index in [4.69, 9.17) is 4.52 Å². The molecule has 3 heterocycles. The van der Waals surface area contributed by atoms with Crippen molar-refractivity contribution in [1.82, 2.24) is 20.0 Å². The Morgan fingerprint density at radius 2 is 2.20 bits per heavy atom. The first-order valence-corrected chi connectivity index (χ1v) is 7.53. The highest BCUT2D eigenvalue weighted by Crippen LogP contribution is 2.40. The predicted octanol–water partition coefficient (Wildman–Crippen LogP) is 0.712. The maximum atomic E-state index is 12.3. The number of aromatic amines is 1. The number of esters is 1. The number of pyridine rings is 1. The standard InChI is InChI=1S/C15H13N5O5/c1-24-15(23)9-6-20(5-8-12(9)16-17-13(8)21)18-14(22)10-4-11(25-19-10)7-2-3-7/h4-7H,2-3H2,1H3,(H,17,21)(H,18,22). The van der Waals surface area contributed by atoms with Gasteiger partial charge in [0.15, 0.2) is 5.69 Å². The lowest BCUT2D eigenvalue weighted by Gasteiger charge is -2.11. The quantitative estimate of drug-likeness (QED) is 0.667. The van der Waals surface area contributed by atoms with E-state index in [-0.39, 0.29) is 22.5 Å². The van der Waals surface area contributed by atoms with Crippen LogP contribution in [0.4, 0.5) is 0 Å². The van der Waals surface area contributed by atoms with Crippen molar-refractivity contribution in [3.8, 4) is 11.3 Å². The van der Waals surface area contributed by atoms with Crippen LogP contribution >= 0.6 is 0 Å². The van der Waals surface area contributed by atoms with Crippen LogP contribution in [0.2, 0.25) is 0 Å². The number of fused-ring (bicyclic) bond motifs is 1. The average molecular weight is 343 g/mol. The van der Waals surface area contributed by atoms with Crippen LogP contribution in [-0.2, 0) is 4.74 Å². The number of ether oxygens (including phenoxy) is 1. The normalized spacial score (nSPS) is 13.8. The number of hydrogen-bond acceptors (Lipinski definition) is 7. The number of methoxy groups -OCH3 is 1. The van der Waals surface area contributed by atoms with E-state index < -0.39 is 17.4 Å². The lowest BCUT2D eigenvalue weighted by Crippen LogP contribution is -2.25. The highest BCUT2D eigenvalue weighted by Gasteiger charge is 2.29. The number of hydrogen-bond donors (Lipinski definition) is 2. The Balaban J connectivity index is 1.66. The minimum atomic E-state index is -0.683. The number of H-pyrrole nitrogens is 1. The monoisotopic (exact) mass is 343 g/mol. The Hall–Kier alpha value is -3.43. The van der Waals surface area contributed by atoms with Gasteiger partial charge in [0.1, 0.15) is 17.0 Å². The number of nitrogens with one attached hydrogen (secondary N) is 2. The molecule has 2 N–H and O–H groups in total. The van der Waals surface area contributed by atoms with Crippen molar-refractivity contribution >= 4 is 11.9 Å². The first-order valence-electron chi connectivity index (χ1n) is 7.53. The summed E-state index contributed by atoms with van der Waals surface area (Å²) >= 11 is 0. The predicted molar refractivity (Wildman–Crippen MR) is 83.0 cm³/mol. The highest BCUT2D eigenvalue weighted by atomic mass is 16.5. The Kier molecular flexibility index (Phi) is 3.38. The molecule has 25 heavy (non-hydrogen) atoms. The zero-order valence-electron chi connectivity index (χ0n) is 13.1. The van der Waals surface area contributed by atoms with Crippen LogP contribution < -0.4 is 11.0 Å². The lowest BCUT2D eigenvalue weighted by molar-refractivity contribution is 0.0600. The summed E-state index contributed by atoms with van der Waals surface area (Å²) in [6.07, 6.45) is 4.72. The minimum absolute atomic E-state index is 0.0393. The number of rotatable bonds is 4. The van der Waals surface area contributed by atoms with Gasteiger partial charge in [0.2, 0.25) is 0 Å². The number of amides is 1. The number of aromatic nitrogens is 4. The van der Waals surface area contributed by atoms with E-state index in [2.05, 4.69) is 25.5 Å². The molecular formula is C15H13N5O5. The minimum Gasteiger partial charge on any atom is -0.465 e. The molecule has 2 aliphatic heterocycles. The Labute approximate surface area is 140 Å². The number of carbonyl (C=O) groups is 2. The van der Waals surface area contributed by atoms with Crippen LogP contribution in [0.25, 0.3) is 11.3 Å². The van der Waals surface area contributed by atoms with Crippen molar-refractivity contribution < 1.29 is 18.8 Å². The zero-order valence-corrected chi connectivity index (χ0v) is 13.1. The highest BCUT2D eigenvalue weighted by molar-refractivity contribution is 5.99. The maximum absolute atomic E-state index is 12.3. The van der Waals surface area contributed by atoms with Gasteiger partial charge in [0, 0.05) is 24.4 Å². The molecule has 1 saturated carbocycles. The molecule has 1 fully saturated rings. The average Bonchev–Trinajstić information content (AvgIpc) is 3.23. The summed E-state index contributed by atoms with van der Waals surface area (Å²) in [7, 11) is 1.21. The smallest absolute Gasteiger partial charge is 0.341 e. The van der Waals surface area contributed by atoms with Gasteiger partial charge in [-0.15, -0.1) is 0 Å². The van der Waals surface area contributed by atoms with Gasteiger partial charge in [0.25, 0.3) is 11.5 Å². The maximum Gasteiger partial charge on any atom is 0.341 e. The molecule has 4 rings (SSSR count). The van der Waals surface area contributed by atoms with Gasteiger partial charge < -0.3 is 9.26 Å². The Morgan fingerprint density at radius 3 is 2.92 bits per heavy atom. The molecule has 10 nitrogen and oxygen atoms in total. The molecule has 1 aliphatic carbocycles. The van der Waals surface area contributed by atoms with Crippen molar-refractivity contribution in [3.63, 3.8) is 0 Å². The lowest BCUT2D eigenvalue weighted by atomic mass is 10.1. The van der Waals surface area contributed by atoms with Crippen LogP contribution in [0.1, 0.15) is 45.4 Å². The van der Waals surface area contributed by atoms with Gasteiger partial charge in [0.05, 0.1) is 12.7 Å². The number of carbonyl (C=O) groups excluding carboxylic acids is 2. The molecule has 0 saturated heterocycles. The van der Waals surface area contributed by atoms with E-state index in [1.165, 1.54) is 24.2 Å². The fourth-order valence-corrected chi connectivity index (χ4v) is 2.49. The summed E-state index contributed by atoms with van der Waals surface area (Å²) in [5.41, 5.74) is 2.50. The summed E-state index contributed by atoms with van der Waals surface area (Å²) in [6, 6.07) is 1.59. The number of nitrogens with zero attached hydrogens (tertiary/aromatic N) is 3. The van der Waals surface area contributed by atoms with Crippen LogP contribution in [-0.4, -0.2) is 39.0 Å². The van der Waals surface area contributed by atoms with Gasteiger partial charge in [-0.05, 0) is 12.8 Å². The van der Waals surface area contributed by atoms with Crippen LogP contribution in [0.15, 0.2) is 27.8 Å². The van der Waals surface area contributed by atoms with Crippen LogP contribution in [0.5, 0.6) is 0 Å². The summed E-state index contributed by atoms with van der Waals surface area (Å²) in [5, 5.41) is 9.81. The second-order valence-corrected chi connectivity index (χ2v) is 5.72. The Morgan fingerprint density at radius 1 is 1.40 bits per heavy atom. The molecule has 10 heteroatoms. The van der Waals surface area contributed by atoms with Crippen molar-refractivity contribution in [2.24, 2.45) is 0 Å². The van der Waals surface area contributed by atoms with Gasteiger partial charge in [-0.1, -0.05) is 5.16 Å². The SMILES string of the molecule is COC(=O)c1cn(NC(=O)c2cc(C3CC3)on2)cc2c(=O)[nH]nc1-2. The van der Waals surface area contributed by atoms with Crippen LogP contribution in [0.3, 0.4) is 0 Å². The molecule has 0 spiro atoms. The molecule has 0 aromatic carbocycles. The van der Waals surface area contributed by atoms with E-state index in [0.29, 0.717) is 11.7 Å². The van der Waals surface area contributed by atoms with E-state index in [9.17, 15) is 14.4 Å².